The van der Waals surface area contributed by atoms with Crippen molar-refractivity contribution in [2.75, 3.05) is 11.5 Å². The number of sulfone groups is 1. The largest absolute Gasteiger partial charge is 0.342 e. The number of aliphatic imine (C=N–C) groups is 1. The van der Waals surface area contributed by atoms with Crippen LogP contribution in [0, 0.1) is 5.82 Å². The predicted molar refractivity (Wildman–Crippen MR) is 118 cm³/mol. The Balaban J connectivity index is 1.45. The van der Waals surface area contributed by atoms with Crippen molar-refractivity contribution in [3.8, 4) is 0 Å². The zero-order valence-corrected chi connectivity index (χ0v) is 18.0. The van der Waals surface area contributed by atoms with Gasteiger partial charge in [-0.1, -0.05) is 54.2 Å². The first kappa shape index (κ1) is 21.1. The fourth-order valence-electron chi connectivity index (χ4n) is 3.86. The topological polar surface area (TPSA) is 66.8 Å². The maximum absolute atomic E-state index is 13.2. The van der Waals surface area contributed by atoms with Crippen molar-refractivity contribution >= 4 is 32.7 Å². The highest BCUT2D eigenvalue weighted by Gasteiger charge is 2.48. The summed E-state index contributed by atoms with van der Waals surface area (Å²) in [5.41, 5.74) is 2.04. The highest BCUT2D eigenvalue weighted by Crippen LogP contribution is 2.39. The first-order valence-electron chi connectivity index (χ1n) is 9.93. The van der Waals surface area contributed by atoms with Crippen LogP contribution in [0.3, 0.4) is 0 Å². The summed E-state index contributed by atoms with van der Waals surface area (Å²) < 4.78 is 37.4. The molecule has 4 rings (SSSR count). The van der Waals surface area contributed by atoms with Crippen LogP contribution in [0.15, 0.2) is 59.6 Å². The Hall–Kier alpha value is -2.19. The van der Waals surface area contributed by atoms with Crippen LogP contribution >= 0.6 is 11.8 Å². The van der Waals surface area contributed by atoms with Gasteiger partial charge in [0.15, 0.2) is 15.0 Å². The second-order valence-corrected chi connectivity index (χ2v) is 11.0. The standard InChI is InChI=1S/C22H23FN2O3S2/c23-18-11-9-17(10-12-18)13-25-19-14-30(27,28)15-20(19)29-22(25)24-21(26)8-4-7-16-5-2-1-3-6-16/h1-3,5-6,9-12,19-20H,4,7-8,13-15H2/t19-,20+/m1/s1. The Morgan fingerprint density at radius 2 is 1.80 bits per heavy atom. The maximum atomic E-state index is 13.2. The number of carbonyl (C=O) groups is 1. The first-order valence-corrected chi connectivity index (χ1v) is 12.6. The molecule has 0 aliphatic carbocycles. The van der Waals surface area contributed by atoms with Crippen LogP contribution < -0.4 is 0 Å². The molecule has 0 spiro atoms. The summed E-state index contributed by atoms with van der Waals surface area (Å²) in [6, 6.07) is 15.9. The Kier molecular flexibility index (Phi) is 6.24. The fraction of sp³-hybridized carbons (Fsp3) is 0.364. The number of halogens is 1. The molecule has 8 heteroatoms. The van der Waals surface area contributed by atoms with E-state index in [9.17, 15) is 17.6 Å². The fourth-order valence-corrected chi connectivity index (χ4v) is 7.83. The van der Waals surface area contributed by atoms with Gasteiger partial charge in [-0.25, -0.2) is 12.8 Å². The number of amides is 1. The van der Waals surface area contributed by atoms with E-state index in [0.717, 1.165) is 12.0 Å². The molecule has 2 heterocycles. The molecule has 0 aromatic heterocycles. The van der Waals surface area contributed by atoms with Gasteiger partial charge in [0, 0.05) is 18.2 Å². The smallest absolute Gasteiger partial charge is 0.248 e. The van der Waals surface area contributed by atoms with E-state index in [2.05, 4.69) is 4.99 Å². The minimum absolute atomic E-state index is 0.0626. The number of fused-ring (bicyclic) bond motifs is 1. The van der Waals surface area contributed by atoms with Crippen molar-refractivity contribution in [1.82, 2.24) is 4.90 Å². The number of carbonyl (C=O) groups excluding carboxylic acids is 1. The van der Waals surface area contributed by atoms with E-state index in [1.54, 1.807) is 12.1 Å². The summed E-state index contributed by atoms with van der Waals surface area (Å²) in [5.74, 6) is -0.352. The van der Waals surface area contributed by atoms with Crippen molar-refractivity contribution in [1.29, 1.82) is 0 Å². The van der Waals surface area contributed by atoms with E-state index in [1.165, 1.54) is 29.5 Å². The van der Waals surface area contributed by atoms with Gasteiger partial charge in [0.1, 0.15) is 5.82 Å². The van der Waals surface area contributed by atoms with E-state index < -0.39 is 9.84 Å². The minimum atomic E-state index is -3.10. The number of hydrogen-bond donors (Lipinski definition) is 0. The number of nitrogens with zero attached hydrogens (tertiary/aromatic N) is 2. The Bertz CT molecular complexity index is 1040. The Morgan fingerprint density at radius 1 is 1.07 bits per heavy atom. The van der Waals surface area contributed by atoms with Crippen LogP contribution in [0.1, 0.15) is 24.0 Å². The highest BCUT2D eigenvalue weighted by atomic mass is 32.2. The van der Waals surface area contributed by atoms with E-state index in [-0.39, 0.29) is 34.5 Å². The highest BCUT2D eigenvalue weighted by molar-refractivity contribution is 8.15. The van der Waals surface area contributed by atoms with Gasteiger partial charge in [0.25, 0.3) is 0 Å². The molecule has 2 aliphatic heterocycles. The number of benzene rings is 2. The summed E-state index contributed by atoms with van der Waals surface area (Å²) in [5, 5.41) is 0.459. The molecule has 1 amide bonds. The lowest BCUT2D eigenvalue weighted by Crippen LogP contribution is -2.37. The SMILES string of the molecule is O=C(CCCc1ccccc1)N=C1S[C@H]2CS(=O)(=O)C[C@H]2N1Cc1ccc(F)cc1. The van der Waals surface area contributed by atoms with Crippen LogP contribution in [-0.4, -0.2) is 47.2 Å². The van der Waals surface area contributed by atoms with Gasteiger partial charge in [0.05, 0.1) is 17.5 Å². The van der Waals surface area contributed by atoms with E-state index in [4.69, 9.17) is 0 Å². The summed E-state index contributed by atoms with van der Waals surface area (Å²) in [7, 11) is -3.10. The van der Waals surface area contributed by atoms with Crippen LogP contribution in [0.5, 0.6) is 0 Å². The quantitative estimate of drug-likeness (QED) is 0.680. The Morgan fingerprint density at radius 3 is 2.53 bits per heavy atom. The number of amidine groups is 1. The number of aryl methyl sites for hydroxylation is 1. The lowest BCUT2D eigenvalue weighted by molar-refractivity contribution is -0.117. The molecular formula is C22H23FN2O3S2. The molecule has 2 atom stereocenters. The molecule has 2 saturated heterocycles. The van der Waals surface area contributed by atoms with Crippen LogP contribution in [-0.2, 0) is 27.6 Å². The molecule has 2 aromatic carbocycles. The summed E-state index contributed by atoms with van der Waals surface area (Å²) in [6.45, 7) is 0.403. The average Bonchev–Trinajstić information content (AvgIpc) is 3.16. The maximum Gasteiger partial charge on any atom is 0.248 e. The molecule has 0 saturated carbocycles. The molecule has 2 aliphatic rings. The molecular weight excluding hydrogens is 423 g/mol. The minimum Gasteiger partial charge on any atom is -0.342 e. The lowest BCUT2D eigenvalue weighted by atomic mass is 10.1. The normalized spacial score (nSPS) is 23.6. The van der Waals surface area contributed by atoms with E-state index >= 15 is 0 Å². The number of rotatable bonds is 6. The molecule has 30 heavy (non-hydrogen) atoms. The van der Waals surface area contributed by atoms with Gasteiger partial charge < -0.3 is 4.90 Å². The number of hydrogen-bond acceptors (Lipinski definition) is 4. The van der Waals surface area contributed by atoms with Gasteiger partial charge in [-0.05, 0) is 36.1 Å². The van der Waals surface area contributed by atoms with Gasteiger partial charge in [-0.2, -0.15) is 4.99 Å². The van der Waals surface area contributed by atoms with Crippen LogP contribution in [0.2, 0.25) is 0 Å². The van der Waals surface area contributed by atoms with Crippen molar-refractivity contribution in [3.63, 3.8) is 0 Å². The second-order valence-electron chi connectivity index (χ2n) is 7.68. The number of thioether (sulfide) groups is 1. The monoisotopic (exact) mass is 446 g/mol. The van der Waals surface area contributed by atoms with Gasteiger partial charge in [0.2, 0.25) is 5.91 Å². The molecule has 5 nitrogen and oxygen atoms in total. The summed E-state index contributed by atoms with van der Waals surface area (Å²) >= 11 is 1.37. The third-order valence-corrected chi connectivity index (χ3v) is 8.61. The molecule has 0 N–H and O–H groups in total. The molecule has 0 unspecified atom stereocenters. The molecule has 158 valence electrons. The molecule has 2 fully saturated rings. The average molecular weight is 447 g/mol. The van der Waals surface area contributed by atoms with E-state index in [0.29, 0.717) is 24.6 Å². The zero-order chi connectivity index (χ0) is 21.1. The van der Waals surface area contributed by atoms with Crippen LogP contribution in [0.25, 0.3) is 0 Å². The summed E-state index contributed by atoms with van der Waals surface area (Å²) in [6.07, 6.45) is 1.87. The van der Waals surface area contributed by atoms with Crippen molar-refractivity contribution in [3.05, 3.63) is 71.5 Å². The molecule has 0 radical (unpaired) electrons. The predicted octanol–water partition coefficient (Wildman–Crippen LogP) is 3.45. The van der Waals surface area contributed by atoms with Gasteiger partial charge in [-0.15, -0.1) is 0 Å². The van der Waals surface area contributed by atoms with Gasteiger partial charge in [-0.3, -0.25) is 4.79 Å². The third kappa shape index (κ3) is 5.10. The van der Waals surface area contributed by atoms with Gasteiger partial charge >= 0.3 is 0 Å². The van der Waals surface area contributed by atoms with Crippen molar-refractivity contribution in [2.45, 2.75) is 37.1 Å². The van der Waals surface area contributed by atoms with Crippen molar-refractivity contribution < 1.29 is 17.6 Å². The lowest BCUT2D eigenvalue weighted by Gasteiger charge is -2.24. The molecule has 2 aromatic rings. The third-order valence-electron chi connectivity index (χ3n) is 5.36. The summed E-state index contributed by atoms with van der Waals surface area (Å²) in [4.78, 5) is 18.7. The zero-order valence-electron chi connectivity index (χ0n) is 16.4. The second kappa shape index (κ2) is 8.89. The molecule has 0 bridgehead atoms. The van der Waals surface area contributed by atoms with E-state index in [1.807, 2.05) is 35.2 Å². The Labute approximate surface area is 180 Å². The van der Waals surface area contributed by atoms with Crippen molar-refractivity contribution in [2.24, 2.45) is 4.99 Å². The first-order chi connectivity index (χ1) is 14.4. The van der Waals surface area contributed by atoms with Crippen LogP contribution in [0.4, 0.5) is 4.39 Å².